The molecule has 2 aliphatic rings. The lowest BCUT2D eigenvalue weighted by Gasteiger charge is -2.27. The van der Waals surface area contributed by atoms with Crippen molar-refractivity contribution >= 4 is 49.8 Å². The van der Waals surface area contributed by atoms with Gasteiger partial charge in [0, 0.05) is 16.5 Å². The molecular weight excluding hydrogens is 536 g/mol. The monoisotopic (exact) mass is 562 g/mol. The van der Waals surface area contributed by atoms with Gasteiger partial charge in [0.05, 0.1) is 11.4 Å². The van der Waals surface area contributed by atoms with Crippen LogP contribution in [0.25, 0.3) is 66.1 Å². The second-order valence-electron chi connectivity index (χ2n) is 11.8. The maximum absolute atomic E-state index is 6.37. The number of hydrogen-bond donors (Lipinski definition) is 1. The first-order valence-electron chi connectivity index (χ1n) is 15.1. The highest BCUT2D eigenvalue weighted by atomic mass is 16.3. The molecule has 0 bridgehead atoms. The number of furan rings is 1. The lowest BCUT2D eigenvalue weighted by atomic mass is 9.96. The molecular formula is C41H26N2O. The zero-order valence-electron chi connectivity index (χ0n) is 23.8. The average Bonchev–Trinajstić information content (AvgIpc) is 3.76. The van der Waals surface area contributed by atoms with E-state index in [1.54, 1.807) is 0 Å². The highest BCUT2D eigenvalue weighted by molar-refractivity contribution is 6.28. The van der Waals surface area contributed by atoms with Crippen LogP contribution in [-0.2, 0) is 0 Å². The number of anilines is 3. The van der Waals surface area contributed by atoms with Crippen LogP contribution in [0.1, 0.15) is 11.7 Å². The third kappa shape index (κ3) is 3.27. The fourth-order valence-corrected chi connectivity index (χ4v) is 7.44. The lowest BCUT2D eigenvalue weighted by molar-refractivity contribution is 0.669. The summed E-state index contributed by atoms with van der Waals surface area (Å²) in [6.07, 6.45) is 0.0357. The van der Waals surface area contributed by atoms with Gasteiger partial charge < -0.3 is 14.6 Å². The van der Waals surface area contributed by atoms with E-state index in [9.17, 15) is 0 Å². The Labute approximate surface area is 254 Å². The fraction of sp³-hybridized carbons (Fsp3) is 0.0244. The number of nitrogens with zero attached hydrogens (tertiary/aromatic N) is 1. The first kappa shape index (κ1) is 23.7. The Morgan fingerprint density at radius 1 is 0.500 bits per heavy atom. The molecule has 0 saturated heterocycles. The molecule has 44 heavy (non-hydrogen) atoms. The number of nitrogens with one attached hydrogen (secondary N) is 1. The first-order valence-corrected chi connectivity index (χ1v) is 15.1. The molecule has 1 unspecified atom stereocenters. The van der Waals surface area contributed by atoms with Gasteiger partial charge in [-0.15, -0.1) is 0 Å². The van der Waals surface area contributed by atoms with Crippen LogP contribution in [0.5, 0.6) is 0 Å². The summed E-state index contributed by atoms with van der Waals surface area (Å²) in [5.41, 5.74) is 14.1. The molecule has 0 amide bonds. The molecule has 8 aromatic rings. The SMILES string of the molecule is c1ccc(C2Nc3ccccc3N2c2ccc(-c3ccc4c(c3)-c3cc5oc6ccccc6c5c5cccc-4c35)cc2)cc1. The average molecular weight is 563 g/mol. The molecule has 2 heterocycles. The predicted octanol–water partition coefficient (Wildman–Crippen LogP) is 11.3. The molecule has 1 N–H and O–H groups in total. The van der Waals surface area contributed by atoms with E-state index < -0.39 is 0 Å². The van der Waals surface area contributed by atoms with Crippen molar-refractivity contribution in [2.24, 2.45) is 0 Å². The van der Waals surface area contributed by atoms with Gasteiger partial charge in [-0.1, -0.05) is 103 Å². The summed E-state index contributed by atoms with van der Waals surface area (Å²) < 4.78 is 6.37. The summed E-state index contributed by atoms with van der Waals surface area (Å²) in [5, 5.41) is 8.69. The summed E-state index contributed by atoms with van der Waals surface area (Å²) in [7, 11) is 0. The van der Waals surface area contributed by atoms with Gasteiger partial charge in [-0.05, 0) is 92.2 Å². The van der Waals surface area contributed by atoms with E-state index in [2.05, 4.69) is 150 Å². The van der Waals surface area contributed by atoms with Gasteiger partial charge in [-0.3, -0.25) is 0 Å². The molecule has 3 heteroatoms. The summed E-state index contributed by atoms with van der Waals surface area (Å²) >= 11 is 0. The van der Waals surface area contributed by atoms with Crippen LogP contribution in [0, 0.1) is 0 Å². The second kappa shape index (κ2) is 8.85. The maximum Gasteiger partial charge on any atom is 0.136 e. The van der Waals surface area contributed by atoms with E-state index in [0.29, 0.717) is 0 Å². The zero-order valence-corrected chi connectivity index (χ0v) is 23.8. The summed E-state index contributed by atoms with van der Waals surface area (Å²) in [6.45, 7) is 0. The first-order chi connectivity index (χ1) is 21.8. The topological polar surface area (TPSA) is 28.4 Å². The van der Waals surface area contributed by atoms with Crippen LogP contribution in [0.3, 0.4) is 0 Å². The molecule has 1 aliphatic carbocycles. The van der Waals surface area contributed by atoms with E-state index >= 15 is 0 Å². The van der Waals surface area contributed by atoms with Crippen LogP contribution in [-0.4, -0.2) is 0 Å². The van der Waals surface area contributed by atoms with E-state index in [1.807, 2.05) is 6.07 Å². The number of benzene rings is 7. The minimum Gasteiger partial charge on any atom is -0.456 e. The molecule has 0 fully saturated rings. The van der Waals surface area contributed by atoms with Crippen molar-refractivity contribution in [3.05, 3.63) is 151 Å². The normalized spacial score (nSPS) is 14.7. The van der Waals surface area contributed by atoms with Crippen molar-refractivity contribution in [1.29, 1.82) is 0 Å². The van der Waals surface area contributed by atoms with E-state index in [0.717, 1.165) is 22.5 Å². The molecule has 1 aromatic heterocycles. The third-order valence-electron chi connectivity index (χ3n) is 9.41. The minimum absolute atomic E-state index is 0.0357. The number of rotatable bonds is 3. The molecule has 1 atom stereocenters. The molecule has 10 rings (SSSR count). The Hall–Kier alpha value is -5.80. The van der Waals surface area contributed by atoms with Crippen molar-refractivity contribution < 1.29 is 4.42 Å². The smallest absolute Gasteiger partial charge is 0.136 e. The predicted molar refractivity (Wildman–Crippen MR) is 182 cm³/mol. The molecule has 206 valence electrons. The van der Waals surface area contributed by atoms with Crippen LogP contribution in [0.4, 0.5) is 17.1 Å². The van der Waals surface area contributed by atoms with Crippen molar-refractivity contribution in [3.8, 4) is 33.4 Å². The summed E-state index contributed by atoms with van der Waals surface area (Å²) in [4.78, 5) is 2.40. The van der Waals surface area contributed by atoms with Gasteiger partial charge in [0.1, 0.15) is 17.3 Å². The Kier molecular flexibility index (Phi) is 4.77. The highest BCUT2D eigenvalue weighted by Gasteiger charge is 2.31. The second-order valence-corrected chi connectivity index (χ2v) is 11.8. The van der Waals surface area contributed by atoms with Crippen molar-refractivity contribution in [2.45, 2.75) is 6.17 Å². The van der Waals surface area contributed by atoms with Gasteiger partial charge in [0.15, 0.2) is 0 Å². The maximum atomic E-state index is 6.37. The Morgan fingerprint density at radius 2 is 1.27 bits per heavy atom. The van der Waals surface area contributed by atoms with Crippen LogP contribution in [0.2, 0.25) is 0 Å². The third-order valence-corrected chi connectivity index (χ3v) is 9.41. The van der Waals surface area contributed by atoms with Gasteiger partial charge >= 0.3 is 0 Å². The van der Waals surface area contributed by atoms with E-state index in [-0.39, 0.29) is 6.17 Å². The minimum atomic E-state index is 0.0357. The van der Waals surface area contributed by atoms with Crippen molar-refractivity contribution in [1.82, 2.24) is 0 Å². The van der Waals surface area contributed by atoms with Crippen LogP contribution < -0.4 is 10.2 Å². The Bertz CT molecular complexity index is 2420. The lowest BCUT2D eigenvalue weighted by Crippen LogP contribution is -2.23. The highest BCUT2D eigenvalue weighted by Crippen LogP contribution is 2.52. The Balaban J connectivity index is 1.07. The number of hydrogen-bond acceptors (Lipinski definition) is 3. The Morgan fingerprint density at radius 3 is 2.18 bits per heavy atom. The fourth-order valence-electron chi connectivity index (χ4n) is 7.44. The van der Waals surface area contributed by atoms with Crippen molar-refractivity contribution in [2.75, 3.05) is 10.2 Å². The summed E-state index contributed by atoms with van der Waals surface area (Å²) in [6, 6.07) is 52.4. The van der Waals surface area contributed by atoms with Gasteiger partial charge in [0.2, 0.25) is 0 Å². The van der Waals surface area contributed by atoms with Crippen molar-refractivity contribution in [3.63, 3.8) is 0 Å². The van der Waals surface area contributed by atoms with E-state index in [4.69, 9.17) is 4.42 Å². The van der Waals surface area contributed by atoms with Gasteiger partial charge in [0.25, 0.3) is 0 Å². The molecule has 3 nitrogen and oxygen atoms in total. The quantitative estimate of drug-likeness (QED) is 0.232. The molecule has 0 radical (unpaired) electrons. The number of fused-ring (bicyclic) bond motifs is 8. The molecule has 0 spiro atoms. The van der Waals surface area contributed by atoms with Gasteiger partial charge in [-0.2, -0.15) is 0 Å². The molecule has 7 aromatic carbocycles. The van der Waals surface area contributed by atoms with Crippen LogP contribution >= 0.6 is 0 Å². The van der Waals surface area contributed by atoms with Gasteiger partial charge in [-0.25, -0.2) is 0 Å². The van der Waals surface area contributed by atoms with E-state index in [1.165, 1.54) is 66.2 Å². The van der Waals surface area contributed by atoms with Crippen LogP contribution in [0.15, 0.2) is 150 Å². The molecule has 0 saturated carbocycles. The number of para-hydroxylation sites is 3. The summed E-state index contributed by atoms with van der Waals surface area (Å²) in [5.74, 6) is 0. The molecule has 1 aliphatic heterocycles. The largest absolute Gasteiger partial charge is 0.456 e. The zero-order chi connectivity index (χ0) is 28.8. The standard InChI is InChI=1S/C41H26N2O/c1-2-9-26(10-3-1)41-42-35-14-5-6-15-36(35)43(41)28-20-17-25(18-21-28)27-19-22-29-30-12-8-13-32-39(30)34(33(29)23-27)24-38-40(32)31-11-4-7-16-37(31)44-38/h1-24,41-42H.